The van der Waals surface area contributed by atoms with E-state index in [9.17, 15) is 8.42 Å². The second kappa shape index (κ2) is 5.86. The molecule has 0 heterocycles. The maximum Gasteiger partial charge on any atom is 0.296 e. The molecule has 0 aliphatic heterocycles. The lowest BCUT2D eigenvalue weighted by Crippen LogP contribution is -2.36. The number of hydrogen-bond acceptors (Lipinski definition) is 3. The molecule has 4 heteroatoms. The fraction of sp³-hybridized carbons (Fsp3) is 0.625. The number of aryl methyl sites for hydroxylation is 1. The van der Waals surface area contributed by atoms with Gasteiger partial charge in [-0.3, -0.25) is 4.18 Å². The number of benzene rings is 1. The van der Waals surface area contributed by atoms with Crippen LogP contribution in [0.25, 0.3) is 0 Å². The van der Waals surface area contributed by atoms with Crippen LogP contribution in [-0.2, 0) is 14.3 Å². The highest BCUT2D eigenvalue weighted by atomic mass is 32.2. The Labute approximate surface area is 122 Å². The van der Waals surface area contributed by atoms with Crippen LogP contribution in [0.15, 0.2) is 29.2 Å². The topological polar surface area (TPSA) is 43.4 Å². The summed E-state index contributed by atoms with van der Waals surface area (Å²) in [6.45, 7) is 6.60. The molecule has 0 atom stereocenters. The molecular weight excluding hydrogens is 272 g/mol. The van der Waals surface area contributed by atoms with Crippen LogP contribution >= 0.6 is 0 Å². The van der Waals surface area contributed by atoms with E-state index < -0.39 is 10.1 Å². The van der Waals surface area contributed by atoms with Crippen molar-refractivity contribution in [3.63, 3.8) is 0 Å². The van der Waals surface area contributed by atoms with Gasteiger partial charge in [-0.2, -0.15) is 8.42 Å². The van der Waals surface area contributed by atoms with E-state index >= 15 is 0 Å². The van der Waals surface area contributed by atoms with Crippen molar-refractivity contribution >= 4 is 10.1 Å². The van der Waals surface area contributed by atoms with Gasteiger partial charge < -0.3 is 0 Å². The van der Waals surface area contributed by atoms with E-state index in [1.54, 1.807) is 24.3 Å². The molecule has 0 aromatic heterocycles. The highest BCUT2D eigenvalue weighted by molar-refractivity contribution is 7.86. The van der Waals surface area contributed by atoms with Crippen molar-refractivity contribution in [3.8, 4) is 0 Å². The largest absolute Gasteiger partial charge is 0.296 e. The minimum absolute atomic E-state index is 0.0753. The average Bonchev–Trinajstić information content (AvgIpc) is 2.32. The first kappa shape index (κ1) is 15.5. The monoisotopic (exact) mass is 296 g/mol. The van der Waals surface area contributed by atoms with E-state index in [1.807, 2.05) is 6.92 Å². The first-order valence-electron chi connectivity index (χ1n) is 7.29. The van der Waals surface area contributed by atoms with Gasteiger partial charge in [0.25, 0.3) is 10.1 Å². The van der Waals surface area contributed by atoms with Crippen LogP contribution in [-0.4, -0.2) is 15.0 Å². The Hall–Kier alpha value is -0.870. The Balaban J connectivity index is 2.03. The summed E-state index contributed by atoms with van der Waals surface area (Å²) in [5, 5.41) is 0. The molecule has 0 bridgehead atoms. The predicted octanol–water partition coefficient (Wildman–Crippen LogP) is 3.92. The van der Waals surface area contributed by atoms with E-state index in [2.05, 4.69) is 13.8 Å². The summed E-state index contributed by atoms with van der Waals surface area (Å²) >= 11 is 0. The first-order chi connectivity index (χ1) is 9.33. The molecule has 1 saturated carbocycles. The Morgan fingerprint density at radius 1 is 1.20 bits per heavy atom. The summed E-state index contributed by atoms with van der Waals surface area (Å²) in [4.78, 5) is 0.252. The molecule has 1 aliphatic carbocycles. The van der Waals surface area contributed by atoms with Crippen LogP contribution < -0.4 is 0 Å². The Kier molecular flexibility index (Phi) is 4.55. The molecule has 1 aromatic rings. The summed E-state index contributed by atoms with van der Waals surface area (Å²) < 4.78 is 29.7. The molecule has 112 valence electrons. The number of rotatable bonds is 6. The van der Waals surface area contributed by atoms with Crippen LogP contribution in [0.5, 0.6) is 0 Å². The van der Waals surface area contributed by atoms with E-state index in [4.69, 9.17) is 4.18 Å². The summed E-state index contributed by atoms with van der Waals surface area (Å²) in [7, 11) is -3.62. The van der Waals surface area contributed by atoms with Crippen molar-refractivity contribution in [2.75, 3.05) is 6.61 Å². The third-order valence-electron chi connectivity index (χ3n) is 4.09. The van der Waals surface area contributed by atoms with E-state index in [0.717, 1.165) is 24.8 Å². The Morgan fingerprint density at radius 2 is 1.80 bits per heavy atom. The SMILES string of the molecule is Cc1ccc(S(=O)(=O)OCC2(CC(C)C)CCC2)cc1. The fourth-order valence-electron chi connectivity index (χ4n) is 2.93. The molecule has 2 rings (SSSR count). The Bertz CT molecular complexity index is 540. The molecule has 0 spiro atoms. The minimum Gasteiger partial charge on any atom is -0.266 e. The van der Waals surface area contributed by atoms with Gasteiger partial charge in [0, 0.05) is 0 Å². The maximum absolute atomic E-state index is 12.2. The second-order valence-corrected chi connectivity index (χ2v) is 8.10. The predicted molar refractivity (Wildman–Crippen MR) is 80.1 cm³/mol. The summed E-state index contributed by atoms with van der Waals surface area (Å²) in [5.41, 5.74) is 1.12. The highest BCUT2D eigenvalue weighted by Crippen LogP contribution is 2.46. The van der Waals surface area contributed by atoms with Crippen molar-refractivity contribution in [2.45, 2.75) is 51.3 Å². The highest BCUT2D eigenvalue weighted by Gasteiger charge is 2.39. The van der Waals surface area contributed by atoms with Gasteiger partial charge in [0.15, 0.2) is 0 Å². The summed E-state index contributed by atoms with van der Waals surface area (Å²) in [5.74, 6) is 0.570. The van der Waals surface area contributed by atoms with Gasteiger partial charge in [0.2, 0.25) is 0 Å². The van der Waals surface area contributed by atoms with Gasteiger partial charge >= 0.3 is 0 Å². The molecule has 0 unspecified atom stereocenters. The van der Waals surface area contributed by atoms with Crippen molar-refractivity contribution in [1.82, 2.24) is 0 Å². The molecule has 1 fully saturated rings. The van der Waals surface area contributed by atoms with Gasteiger partial charge in [0.05, 0.1) is 11.5 Å². The molecular formula is C16H24O3S. The molecule has 3 nitrogen and oxygen atoms in total. The third-order valence-corrected chi connectivity index (χ3v) is 5.36. The average molecular weight is 296 g/mol. The van der Waals surface area contributed by atoms with Crippen LogP contribution in [0.3, 0.4) is 0 Å². The van der Waals surface area contributed by atoms with Gasteiger partial charge in [-0.25, -0.2) is 0 Å². The first-order valence-corrected chi connectivity index (χ1v) is 8.70. The van der Waals surface area contributed by atoms with Gasteiger partial charge in [0.1, 0.15) is 0 Å². The maximum atomic E-state index is 12.2. The zero-order valence-corrected chi connectivity index (χ0v) is 13.4. The summed E-state index contributed by atoms with van der Waals surface area (Å²) in [6, 6.07) is 6.81. The molecule has 1 aliphatic rings. The van der Waals surface area contributed by atoms with E-state index in [1.165, 1.54) is 6.42 Å². The quantitative estimate of drug-likeness (QED) is 0.747. The van der Waals surface area contributed by atoms with Crippen LogP contribution in [0.1, 0.15) is 45.1 Å². The van der Waals surface area contributed by atoms with Crippen molar-refractivity contribution in [2.24, 2.45) is 11.3 Å². The third kappa shape index (κ3) is 3.61. The van der Waals surface area contributed by atoms with Crippen molar-refractivity contribution in [1.29, 1.82) is 0 Å². The molecule has 0 radical (unpaired) electrons. The van der Waals surface area contributed by atoms with Crippen molar-refractivity contribution < 1.29 is 12.6 Å². The van der Waals surface area contributed by atoms with Crippen LogP contribution in [0.4, 0.5) is 0 Å². The second-order valence-electron chi connectivity index (χ2n) is 6.48. The molecule has 1 aromatic carbocycles. The number of hydrogen-bond donors (Lipinski definition) is 0. The standard InChI is InChI=1S/C16H24O3S/c1-13(2)11-16(9-4-10-16)12-19-20(17,18)15-7-5-14(3)6-8-15/h5-8,13H,4,9-12H2,1-3H3. The lowest BCUT2D eigenvalue weighted by Gasteiger charge is -2.42. The summed E-state index contributed by atoms with van der Waals surface area (Å²) in [6.07, 6.45) is 4.38. The molecule has 0 saturated heterocycles. The zero-order valence-electron chi connectivity index (χ0n) is 12.6. The van der Waals surface area contributed by atoms with Crippen molar-refractivity contribution in [3.05, 3.63) is 29.8 Å². The normalized spacial score (nSPS) is 18.0. The molecule has 0 amide bonds. The zero-order chi connectivity index (χ0) is 14.8. The lowest BCUT2D eigenvalue weighted by atomic mass is 9.65. The lowest BCUT2D eigenvalue weighted by molar-refractivity contribution is 0.0390. The van der Waals surface area contributed by atoms with Crippen LogP contribution in [0.2, 0.25) is 0 Å². The molecule has 0 N–H and O–H groups in total. The van der Waals surface area contributed by atoms with Gasteiger partial charge in [-0.15, -0.1) is 0 Å². The van der Waals surface area contributed by atoms with Gasteiger partial charge in [-0.1, -0.05) is 38.0 Å². The minimum atomic E-state index is -3.62. The Morgan fingerprint density at radius 3 is 2.25 bits per heavy atom. The smallest absolute Gasteiger partial charge is 0.266 e. The van der Waals surface area contributed by atoms with Gasteiger partial charge in [-0.05, 0) is 49.7 Å². The van der Waals surface area contributed by atoms with E-state index in [-0.39, 0.29) is 10.3 Å². The molecule has 20 heavy (non-hydrogen) atoms. The van der Waals surface area contributed by atoms with E-state index in [0.29, 0.717) is 12.5 Å². The van der Waals surface area contributed by atoms with Crippen LogP contribution in [0, 0.1) is 18.3 Å². The fourth-order valence-corrected chi connectivity index (χ4v) is 3.94.